The number of aryl methyl sites for hydroxylation is 1. The number of nitrogens with zero attached hydrogens (tertiary/aromatic N) is 1. The number of hydrogen-bond acceptors (Lipinski definition) is 5. The van der Waals surface area contributed by atoms with Gasteiger partial charge in [-0.2, -0.15) is 0 Å². The second-order valence-electron chi connectivity index (χ2n) is 6.30. The molecule has 9 heteroatoms. The Morgan fingerprint density at radius 3 is 2.88 bits per heavy atom. The van der Waals surface area contributed by atoms with Gasteiger partial charge >= 0.3 is 0 Å². The van der Waals surface area contributed by atoms with Gasteiger partial charge in [-0.3, -0.25) is 0 Å². The van der Waals surface area contributed by atoms with Gasteiger partial charge in [0.15, 0.2) is 5.96 Å². The first-order valence-electron chi connectivity index (χ1n) is 9.14. The van der Waals surface area contributed by atoms with Crippen molar-refractivity contribution in [3.05, 3.63) is 21.9 Å². The van der Waals surface area contributed by atoms with Crippen molar-refractivity contribution in [2.24, 2.45) is 4.99 Å². The van der Waals surface area contributed by atoms with E-state index in [4.69, 9.17) is 4.74 Å². The third-order valence-corrected chi connectivity index (χ3v) is 6.52. The maximum Gasteiger partial charge on any atom is 0.213 e. The molecule has 0 saturated carbocycles. The molecule has 1 atom stereocenters. The molecule has 2 rings (SSSR count). The number of sulfonamides is 1. The summed E-state index contributed by atoms with van der Waals surface area (Å²) in [5.41, 5.74) is 1.23. The van der Waals surface area contributed by atoms with E-state index in [0.717, 1.165) is 32.4 Å². The Hall–Kier alpha value is -1.16. The van der Waals surface area contributed by atoms with Crippen LogP contribution in [0.15, 0.2) is 16.4 Å². The zero-order chi connectivity index (χ0) is 18.8. The Kier molecular flexibility index (Phi) is 8.83. The number of nitrogens with one attached hydrogen (secondary N) is 3. The molecule has 0 amide bonds. The summed E-state index contributed by atoms with van der Waals surface area (Å²) in [6.45, 7) is 6.73. The van der Waals surface area contributed by atoms with E-state index in [1.54, 1.807) is 11.3 Å². The summed E-state index contributed by atoms with van der Waals surface area (Å²) in [5, 5.41) is 8.28. The van der Waals surface area contributed by atoms with Gasteiger partial charge in [-0.05, 0) is 50.1 Å². The van der Waals surface area contributed by atoms with Crippen molar-refractivity contribution in [2.75, 3.05) is 32.0 Å². The quantitative estimate of drug-likeness (QED) is 0.431. The SMILES string of the molecule is CCNC(=NCc1sccc1C)NCCS(=O)(=O)NCC1CCCCO1. The van der Waals surface area contributed by atoms with Crippen molar-refractivity contribution >= 4 is 27.3 Å². The molecule has 1 aromatic rings. The Morgan fingerprint density at radius 2 is 2.23 bits per heavy atom. The molecule has 1 unspecified atom stereocenters. The normalized spacial score (nSPS) is 18.7. The van der Waals surface area contributed by atoms with Crippen molar-refractivity contribution in [1.82, 2.24) is 15.4 Å². The van der Waals surface area contributed by atoms with Crippen LogP contribution in [0.25, 0.3) is 0 Å². The van der Waals surface area contributed by atoms with Crippen molar-refractivity contribution in [2.45, 2.75) is 45.8 Å². The highest BCUT2D eigenvalue weighted by Crippen LogP contribution is 2.16. The predicted octanol–water partition coefficient (Wildman–Crippen LogP) is 1.60. The molecule has 1 aliphatic heterocycles. The summed E-state index contributed by atoms with van der Waals surface area (Å²) >= 11 is 1.68. The second-order valence-corrected chi connectivity index (χ2v) is 9.23. The number of rotatable bonds is 9. The molecule has 3 N–H and O–H groups in total. The van der Waals surface area contributed by atoms with E-state index in [1.165, 1.54) is 10.4 Å². The first-order valence-corrected chi connectivity index (χ1v) is 11.7. The molecular weight excluding hydrogens is 372 g/mol. The smallest absolute Gasteiger partial charge is 0.213 e. The lowest BCUT2D eigenvalue weighted by atomic mass is 10.1. The van der Waals surface area contributed by atoms with Crippen LogP contribution in [0.1, 0.15) is 36.6 Å². The van der Waals surface area contributed by atoms with Gasteiger partial charge in [0.25, 0.3) is 0 Å². The zero-order valence-electron chi connectivity index (χ0n) is 15.6. The summed E-state index contributed by atoms with van der Waals surface area (Å²) in [6.07, 6.45) is 3.07. The third kappa shape index (κ3) is 7.61. The Labute approximate surface area is 160 Å². The largest absolute Gasteiger partial charge is 0.377 e. The van der Waals surface area contributed by atoms with E-state index in [2.05, 4.69) is 38.7 Å². The minimum absolute atomic E-state index is 0.000554. The zero-order valence-corrected chi connectivity index (χ0v) is 17.2. The number of ether oxygens (including phenoxy) is 1. The second kappa shape index (κ2) is 10.9. The van der Waals surface area contributed by atoms with Gasteiger partial charge in [0, 0.05) is 31.1 Å². The molecule has 1 aliphatic rings. The molecule has 1 saturated heterocycles. The monoisotopic (exact) mass is 402 g/mol. The summed E-state index contributed by atoms with van der Waals surface area (Å²) in [6, 6.07) is 2.07. The lowest BCUT2D eigenvalue weighted by Crippen LogP contribution is -2.42. The van der Waals surface area contributed by atoms with Crippen LogP contribution in [-0.2, 0) is 21.3 Å². The summed E-state index contributed by atoms with van der Waals surface area (Å²) < 4.78 is 32.5. The summed E-state index contributed by atoms with van der Waals surface area (Å²) in [5.74, 6) is 0.633. The van der Waals surface area contributed by atoms with Crippen LogP contribution in [0.2, 0.25) is 0 Å². The van der Waals surface area contributed by atoms with Crippen molar-refractivity contribution in [1.29, 1.82) is 0 Å². The fourth-order valence-electron chi connectivity index (χ4n) is 2.62. The highest BCUT2D eigenvalue weighted by atomic mass is 32.2. The average molecular weight is 403 g/mol. The van der Waals surface area contributed by atoms with Crippen LogP contribution in [0, 0.1) is 6.92 Å². The first kappa shape index (κ1) is 21.1. The number of thiophene rings is 1. The van der Waals surface area contributed by atoms with E-state index in [0.29, 0.717) is 25.6 Å². The molecule has 1 fully saturated rings. The van der Waals surface area contributed by atoms with Crippen LogP contribution in [0.3, 0.4) is 0 Å². The van der Waals surface area contributed by atoms with Crippen LogP contribution in [-0.4, -0.2) is 52.5 Å². The number of aliphatic imine (C=N–C) groups is 1. The maximum absolute atomic E-state index is 12.1. The molecule has 0 aliphatic carbocycles. The maximum atomic E-state index is 12.1. The molecule has 1 aromatic heterocycles. The lowest BCUT2D eigenvalue weighted by molar-refractivity contribution is 0.0200. The molecule has 0 aromatic carbocycles. The van der Waals surface area contributed by atoms with Crippen LogP contribution in [0.4, 0.5) is 0 Å². The first-order chi connectivity index (χ1) is 12.5. The number of guanidine groups is 1. The van der Waals surface area contributed by atoms with Gasteiger partial charge in [-0.1, -0.05) is 0 Å². The van der Waals surface area contributed by atoms with E-state index in [-0.39, 0.29) is 11.9 Å². The highest BCUT2D eigenvalue weighted by molar-refractivity contribution is 7.89. The van der Waals surface area contributed by atoms with Gasteiger partial charge in [-0.15, -0.1) is 11.3 Å². The molecule has 26 heavy (non-hydrogen) atoms. The van der Waals surface area contributed by atoms with Crippen LogP contribution < -0.4 is 15.4 Å². The molecular formula is C17H30N4O3S2. The van der Waals surface area contributed by atoms with Crippen LogP contribution in [0.5, 0.6) is 0 Å². The summed E-state index contributed by atoms with van der Waals surface area (Å²) in [4.78, 5) is 5.74. The van der Waals surface area contributed by atoms with Crippen molar-refractivity contribution in [3.8, 4) is 0 Å². The van der Waals surface area contributed by atoms with Gasteiger partial charge in [0.2, 0.25) is 10.0 Å². The Bertz CT molecular complexity index is 667. The van der Waals surface area contributed by atoms with E-state index >= 15 is 0 Å². The summed E-state index contributed by atoms with van der Waals surface area (Å²) in [7, 11) is -3.33. The molecule has 0 bridgehead atoms. The number of hydrogen-bond donors (Lipinski definition) is 3. The minimum Gasteiger partial charge on any atom is -0.377 e. The van der Waals surface area contributed by atoms with Crippen molar-refractivity contribution < 1.29 is 13.2 Å². The third-order valence-electron chi connectivity index (χ3n) is 4.16. The standard InChI is InChI=1S/C17H30N4O3S2/c1-3-18-17(20-13-16-14(2)7-10-25-16)19-8-11-26(22,23)21-12-15-6-4-5-9-24-15/h7,10,15,21H,3-6,8-9,11-13H2,1-2H3,(H2,18,19,20). The molecule has 0 radical (unpaired) electrons. The van der Waals surface area contributed by atoms with Crippen LogP contribution >= 0.6 is 11.3 Å². The molecule has 0 spiro atoms. The average Bonchev–Trinajstić information content (AvgIpc) is 3.04. The predicted molar refractivity (Wildman–Crippen MR) is 107 cm³/mol. The van der Waals surface area contributed by atoms with E-state index in [9.17, 15) is 8.42 Å². The molecule has 7 nitrogen and oxygen atoms in total. The van der Waals surface area contributed by atoms with Gasteiger partial charge in [0.1, 0.15) is 0 Å². The molecule has 2 heterocycles. The Morgan fingerprint density at radius 1 is 1.38 bits per heavy atom. The molecule has 148 valence electrons. The lowest BCUT2D eigenvalue weighted by Gasteiger charge is -2.22. The van der Waals surface area contributed by atoms with Gasteiger partial charge in [-0.25, -0.2) is 18.1 Å². The fraction of sp³-hybridized carbons (Fsp3) is 0.706. The van der Waals surface area contributed by atoms with E-state index < -0.39 is 10.0 Å². The van der Waals surface area contributed by atoms with Crippen molar-refractivity contribution in [3.63, 3.8) is 0 Å². The topological polar surface area (TPSA) is 91.8 Å². The fourth-order valence-corrected chi connectivity index (χ4v) is 4.41. The minimum atomic E-state index is -3.33. The van der Waals surface area contributed by atoms with Gasteiger partial charge < -0.3 is 15.4 Å². The van der Waals surface area contributed by atoms with Gasteiger partial charge in [0.05, 0.1) is 18.4 Å². The van der Waals surface area contributed by atoms with E-state index in [1.807, 2.05) is 6.92 Å². The Balaban J connectivity index is 1.75. The highest BCUT2D eigenvalue weighted by Gasteiger charge is 2.17.